The number of halogens is 2. The molecule has 2 unspecified atom stereocenters. The van der Waals surface area contributed by atoms with Crippen molar-refractivity contribution in [1.29, 1.82) is 0 Å². The molecule has 96 valence electrons. The van der Waals surface area contributed by atoms with Gasteiger partial charge in [0.25, 0.3) is 0 Å². The molecule has 0 saturated carbocycles. The molecule has 4 nitrogen and oxygen atoms in total. The number of piperazine rings is 1. The van der Waals surface area contributed by atoms with Gasteiger partial charge in [-0.3, -0.25) is 14.5 Å². The minimum Gasteiger partial charge on any atom is -0.343 e. The van der Waals surface area contributed by atoms with Gasteiger partial charge in [0.05, 0.1) is 0 Å². The normalized spacial score (nSPS) is 24.1. The minimum absolute atomic E-state index is 0.0831. The van der Waals surface area contributed by atoms with Crippen LogP contribution in [0.15, 0.2) is 22.7 Å². The third-order valence-corrected chi connectivity index (χ3v) is 5.24. The Bertz CT molecular complexity index is 521. The topological polar surface area (TPSA) is 49.4 Å². The Hall–Kier alpha value is -0.630. The van der Waals surface area contributed by atoms with E-state index < -0.39 is 12.1 Å². The Morgan fingerprint density at radius 1 is 1.33 bits per heavy atom. The first-order valence-electron chi connectivity index (χ1n) is 5.50. The second kappa shape index (κ2) is 5.16. The number of nitrogens with zero attached hydrogens (tertiary/aromatic N) is 1. The Kier molecular flexibility index (Phi) is 3.96. The number of hydrogen-bond acceptors (Lipinski definition) is 2. The molecule has 0 aliphatic carbocycles. The van der Waals surface area contributed by atoms with Crippen molar-refractivity contribution in [3.05, 3.63) is 26.2 Å². The molecule has 0 aromatic heterocycles. The van der Waals surface area contributed by atoms with Crippen molar-refractivity contribution in [2.45, 2.75) is 25.9 Å². The van der Waals surface area contributed by atoms with E-state index in [0.717, 1.165) is 13.7 Å². The zero-order valence-electron chi connectivity index (χ0n) is 9.91. The highest BCUT2D eigenvalue weighted by Gasteiger charge is 2.36. The largest absolute Gasteiger partial charge is 0.343 e. The average Bonchev–Trinajstić information content (AvgIpc) is 2.31. The van der Waals surface area contributed by atoms with E-state index in [1.54, 1.807) is 18.7 Å². The van der Waals surface area contributed by atoms with Crippen LogP contribution in [0.1, 0.15) is 13.8 Å². The fraction of sp³-hybridized carbons (Fsp3) is 0.333. The summed E-state index contributed by atoms with van der Waals surface area (Å²) < 4.78 is 1.98. The maximum atomic E-state index is 12.2. The maximum Gasteiger partial charge on any atom is 0.250 e. The molecule has 2 amide bonds. The van der Waals surface area contributed by atoms with E-state index in [4.69, 9.17) is 0 Å². The number of anilines is 1. The zero-order valence-corrected chi connectivity index (χ0v) is 13.6. The third kappa shape index (κ3) is 2.40. The molecule has 0 radical (unpaired) electrons. The quantitative estimate of drug-likeness (QED) is 0.706. The number of nitrogens with one attached hydrogen (secondary N) is 1. The van der Waals surface area contributed by atoms with E-state index in [2.05, 4.69) is 43.8 Å². The predicted molar refractivity (Wildman–Crippen MR) is 81.4 cm³/mol. The Morgan fingerprint density at radius 2 is 2.00 bits per heavy atom. The standard InChI is InChI=1S/C12H12BrIN2O2/c1-6-12(18)16(7(2)11(17)15-6)8-3-4-9(13)10(14)5-8/h3-7H,1-2H3,(H,15,17). The summed E-state index contributed by atoms with van der Waals surface area (Å²) >= 11 is 5.60. The van der Waals surface area contributed by atoms with Gasteiger partial charge >= 0.3 is 0 Å². The van der Waals surface area contributed by atoms with Crippen molar-refractivity contribution in [2.75, 3.05) is 4.90 Å². The fourth-order valence-electron chi connectivity index (χ4n) is 1.90. The van der Waals surface area contributed by atoms with Gasteiger partial charge in [0.2, 0.25) is 11.8 Å². The van der Waals surface area contributed by atoms with Crippen LogP contribution in [-0.4, -0.2) is 23.9 Å². The average molecular weight is 423 g/mol. The van der Waals surface area contributed by atoms with Gasteiger partial charge in [-0.25, -0.2) is 0 Å². The third-order valence-electron chi connectivity index (χ3n) is 2.91. The van der Waals surface area contributed by atoms with Crippen LogP contribution in [0.4, 0.5) is 5.69 Å². The van der Waals surface area contributed by atoms with E-state index in [0.29, 0.717) is 0 Å². The zero-order chi connectivity index (χ0) is 13.4. The molecule has 1 heterocycles. The summed E-state index contributed by atoms with van der Waals surface area (Å²) in [7, 11) is 0. The summed E-state index contributed by atoms with van der Waals surface area (Å²) in [6.07, 6.45) is 0. The van der Waals surface area contributed by atoms with Crippen LogP contribution >= 0.6 is 38.5 Å². The molecule has 18 heavy (non-hydrogen) atoms. The van der Waals surface area contributed by atoms with Crippen LogP contribution in [0, 0.1) is 3.57 Å². The van der Waals surface area contributed by atoms with Crippen LogP contribution in [-0.2, 0) is 9.59 Å². The van der Waals surface area contributed by atoms with Gasteiger partial charge in [-0.2, -0.15) is 0 Å². The molecule has 2 atom stereocenters. The molecule has 2 rings (SSSR count). The number of benzene rings is 1. The lowest BCUT2D eigenvalue weighted by Gasteiger charge is -2.36. The van der Waals surface area contributed by atoms with Crippen LogP contribution in [0.3, 0.4) is 0 Å². The van der Waals surface area contributed by atoms with Crippen molar-refractivity contribution < 1.29 is 9.59 Å². The molecule has 1 aliphatic heterocycles. The fourth-order valence-corrected chi connectivity index (χ4v) is 2.64. The lowest BCUT2D eigenvalue weighted by molar-refractivity contribution is -0.133. The van der Waals surface area contributed by atoms with Crippen LogP contribution < -0.4 is 10.2 Å². The first kappa shape index (κ1) is 13.8. The van der Waals surface area contributed by atoms with Crippen molar-refractivity contribution >= 4 is 56.0 Å². The molecule has 1 fully saturated rings. The van der Waals surface area contributed by atoms with Gasteiger partial charge in [0.1, 0.15) is 12.1 Å². The lowest BCUT2D eigenvalue weighted by Crippen LogP contribution is -2.61. The summed E-state index contributed by atoms with van der Waals surface area (Å²) in [5.74, 6) is -0.208. The van der Waals surface area contributed by atoms with Crippen LogP contribution in [0.2, 0.25) is 0 Å². The van der Waals surface area contributed by atoms with Crippen molar-refractivity contribution in [1.82, 2.24) is 5.32 Å². The van der Waals surface area contributed by atoms with Crippen LogP contribution in [0.5, 0.6) is 0 Å². The number of amides is 2. The van der Waals surface area contributed by atoms with Gasteiger partial charge in [-0.15, -0.1) is 0 Å². The summed E-state index contributed by atoms with van der Waals surface area (Å²) in [6.45, 7) is 3.43. The number of carbonyl (C=O) groups excluding carboxylic acids is 2. The Labute approximate surface area is 127 Å². The number of rotatable bonds is 1. The summed E-state index contributed by atoms with van der Waals surface area (Å²) in [6, 6.07) is 4.66. The molecule has 1 aliphatic rings. The molecular weight excluding hydrogens is 411 g/mol. The monoisotopic (exact) mass is 422 g/mol. The number of carbonyl (C=O) groups is 2. The first-order chi connectivity index (χ1) is 8.41. The first-order valence-corrected chi connectivity index (χ1v) is 7.37. The van der Waals surface area contributed by atoms with E-state index in [1.807, 2.05) is 18.2 Å². The van der Waals surface area contributed by atoms with Gasteiger partial charge in [0.15, 0.2) is 0 Å². The number of hydrogen-bond donors (Lipinski definition) is 1. The predicted octanol–water partition coefficient (Wildman–Crippen LogP) is 2.29. The molecule has 0 bridgehead atoms. The molecule has 6 heteroatoms. The lowest BCUT2D eigenvalue weighted by atomic mass is 10.1. The van der Waals surface area contributed by atoms with Gasteiger partial charge in [0, 0.05) is 13.7 Å². The van der Waals surface area contributed by atoms with Gasteiger partial charge in [-0.05, 0) is 70.6 Å². The van der Waals surface area contributed by atoms with E-state index >= 15 is 0 Å². The van der Waals surface area contributed by atoms with Crippen molar-refractivity contribution in [3.8, 4) is 0 Å². The molecule has 0 spiro atoms. The summed E-state index contributed by atoms with van der Waals surface area (Å²) in [5.41, 5.74) is 0.752. The van der Waals surface area contributed by atoms with Gasteiger partial charge < -0.3 is 5.32 Å². The summed E-state index contributed by atoms with van der Waals surface area (Å²) in [4.78, 5) is 25.5. The van der Waals surface area contributed by atoms with E-state index in [-0.39, 0.29) is 11.8 Å². The van der Waals surface area contributed by atoms with Gasteiger partial charge in [-0.1, -0.05) is 0 Å². The second-order valence-electron chi connectivity index (χ2n) is 4.21. The molecule has 1 aromatic rings. The Morgan fingerprint density at radius 3 is 2.61 bits per heavy atom. The van der Waals surface area contributed by atoms with Crippen molar-refractivity contribution in [2.24, 2.45) is 0 Å². The van der Waals surface area contributed by atoms with E-state index in [1.165, 1.54) is 0 Å². The molecule has 1 saturated heterocycles. The molecule has 1 aromatic carbocycles. The maximum absolute atomic E-state index is 12.2. The highest BCUT2D eigenvalue weighted by Crippen LogP contribution is 2.27. The minimum atomic E-state index is -0.481. The smallest absolute Gasteiger partial charge is 0.250 e. The van der Waals surface area contributed by atoms with Crippen LogP contribution in [0.25, 0.3) is 0 Å². The highest BCUT2D eigenvalue weighted by atomic mass is 127. The van der Waals surface area contributed by atoms with E-state index in [9.17, 15) is 9.59 Å². The van der Waals surface area contributed by atoms with Crippen molar-refractivity contribution in [3.63, 3.8) is 0 Å². The molecular formula is C12H12BrIN2O2. The summed E-state index contributed by atoms with van der Waals surface area (Å²) in [5, 5.41) is 2.66. The Balaban J connectivity index is 2.43. The second-order valence-corrected chi connectivity index (χ2v) is 6.23. The SMILES string of the molecule is CC1NC(=O)C(C)N(c2ccc(Br)c(I)c2)C1=O. The molecule has 1 N–H and O–H groups in total. The highest BCUT2D eigenvalue weighted by molar-refractivity contribution is 14.1.